The lowest BCUT2D eigenvalue weighted by Gasteiger charge is -2.30. The Balaban J connectivity index is 1.52. The van der Waals surface area contributed by atoms with Crippen LogP contribution in [0.15, 0.2) is 48.7 Å². The summed E-state index contributed by atoms with van der Waals surface area (Å²) in [6, 6.07) is 10.2. The highest BCUT2D eigenvalue weighted by molar-refractivity contribution is 5.82. The number of ether oxygens (including phenoxy) is 2. The Morgan fingerprint density at radius 3 is 2.67 bits per heavy atom. The van der Waals surface area contributed by atoms with Gasteiger partial charge in [0.25, 0.3) is 0 Å². The first-order chi connectivity index (χ1) is 17.2. The molecule has 5 rings (SSSR count). The van der Waals surface area contributed by atoms with E-state index in [4.69, 9.17) is 20.2 Å². The number of alkyl halides is 3. The maximum atomic E-state index is 14.1. The van der Waals surface area contributed by atoms with Crippen LogP contribution in [-0.4, -0.2) is 69.6 Å². The Hall–Kier alpha value is -3.28. The molecule has 4 aromatic rings. The molecule has 1 saturated heterocycles. The van der Waals surface area contributed by atoms with Gasteiger partial charge < -0.3 is 15.2 Å². The van der Waals surface area contributed by atoms with E-state index in [9.17, 15) is 13.2 Å². The largest absolute Gasteiger partial charge is 0.488 e. The summed E-state index contributed by atoms with van der Waals surface area (Å²) in [6.45, 7) is 2.83. The van der Waals surface area contributed by atoms with Crippen molar-refractivity contribution in [1.29, 1.82) is 0 Å². The number of hydrogen-bond acceptors (Lipinski definition) is 7. The minimum absolute atomic E-state index is 0.105. The Morgan fingerprint density at radius 2 is 1.94 bits per heavy atom. The third kappa shape index (κ3) is 4.86. The second-order valence-electron chi connectivity index (χ2n) is 9.14. The number of aromatic nitrogens is 4. The number of nitrogens with two attached hydrogens (primary N) is 1. The summed E-state index contributed by atoms with van der Waals surface area (Å²) in [5.41, 5.74) is 7.59. The molecule has 1 aliphatic rings. The predicted octanol–water partition coefficient (Wildman–Crippen LogP) is 3.99. The first kappa shape index (κ1) is 24.4. The summed E-state index contributed by atoms with van der Waals surface area (Å²) in [6.07, 6.45) is -2.61. The standard InChI is InChI=1S/C25H27F3N6O2/c1-15(14-35-2)36-19-6-3-16-4-7-20(30-21(16)11-19)24-32-31-22-8-5-17(12-34(22)24)23(25(26,27)28)33-10-9-18(29)13-33/h3-8,11-12,15,18,23H,9-10,13-14,29H2,1-2H3/t15?,18?,23-/m1/s1. The summed E-state index contributed by atoms with van der Waals surface area (Å²) in [5.74, 6) is 0.994. The zero-order valence-corrected chi connectivity index (χ0v) is 19.9. The summed E-state index contributed by atoms with van der Waals surface area (Å²) < 4.78 is 54.9. The molecule has 8 nitrogen and oxygen atoms in total. The fourth-order valence-corrected chi connectivity index (χ4v) is 4.70. The number of rotatable bonds is 7. The van der Waals surface area contributed by atoms with Crippen LogP contribution in [0.25, 0.3) is 28.1 Å². The van der Waals surface area contributed by atoms with Gasteiger partial charge in [-0.25, -0.2) is 4.98 Å². The van der Waals surface area contributed by atoms with E-state index in [-0.39, 0.29) is 30.8 Å². The number of hydrogen-bond donors (Lipinski definition) is 1. The van der Waals surface area contributed by atoms with Gasteiger partial charge in [0.2, 0.25) is 0 Å². The highest BCUT2D eigenvalue weighted by atomic mass is 19.4. The lowest BCUT2D eigenvalue weighted by molar-refractivity contribution is -0.183. The third-order valence-corrected chi connectivity index (χ3v) is 6.30. The molecule has 3 atom stereocenters. The highest BCUT2D eigenvalue weighted by Gasteiger charge is 2.46. The van der Waals surface area contributed by atoms with Crippen molar-refractivity contribution < 1.29 is 22.6 Å². The minimum Gasteiger partial charge on any atom is -0.488 e. The van der Waals surface area contributed by atoms with Gasteiger partial charge in [-0.3, -0.25) is 9.30 Å². The SMILES string of the molecule is COCC(C)Oc1ccc2ccc(-c3nnc4ccc([C@@H](N5CCC(N)C5)C(F)(F)F)cn34)nc2c1. The van der Waals surface area contributed by atoms with Gasteiger partial charge >= 0.3 is 6.18 Å². The molecule has 11 heteroatoms. The average Bonchev–Trinajstić information content (AvgIpc) is 3.44. The van der Waals surface area contributed by atoms with Crippen LogP contribution in [0, 0.1) is 0 Å². The van der Waals surface area contributed by atoms with Crippen molar-refractivity contribution in [3.05, 3.63) is 54.2 Å². The summed E-state index contributed by atoms with van der Waals surface area (Å²) in [4.78, 5) is 6.09. The number of methoxy groups -OCH3 is 1. The second kappa shape index (κ2) is 9.64. The van der Waals surface area contributed by atoms with Gasteiger partial charge in [-0.1, -0.05) is 12.1 Å². The summed E-state index contributed by atoms with van der Waals surface area (Å²) in [5, 5.41) is 9.26. The maximum Gasteiger partial charge on any atom is 0.408 e. The molecule has 0 spiro atoms. The van der Waals surface area contributed by atoms with Crippen LogP contribution >= 0.6 is 0 Å². The van der Waals surface area contributed by atoms with Crippen molar-refractivity contribution in [3.8, 4) is 17.3 Å². The molecular weight excluding hydrogens is 473 g/mol. The molecule has 36 heavy (non-hydrogen) atoms. The predicted molar refractivity (Wildman–Crippen MR) is 129 cm³/mol. The average molecular weight is 501 g/mol. The van der Waals surface area contributed by atoms with E-state index in [2.05, 4.69) is 10.2 Å². The molecule has 0 saturated carbocycles. The van der Waals surface area contributed by atoms with Crippen molar-refractivity contribution in [2.75, 3.05) is 26.8 Å². The molecule has 190 valence electrons. The van der Waals surface area contributed by atoms with Crippen LogP contribution in [0.3, 0.4) is 0 Å². The van der Waals surface area contributed by atoms with Gasteiger partial charge in [-0.15, -0.1) is 10.2 Å². The van der Waals surface area contributed by atoms with Crippen molar-refractivity contribution in [2.45, 2.75) is 37.7 Å². The smallest absolute Gasteiger partial charge is 0.408 e. The monoisotopic (exact) mass is 500 g/mol. The normalized spacial score (nSPS) is 18.7. The van der Waals surface area contributed by atoms with Crippen LogP contribution in [0.4, 0.5) is 13.2 Å². The highest BCUT2D eigenvalue weighted by Crippen LogP contribution is 2.39. The number of halogens is 3. The second-order valence-corrected chi connectivity index (χ2v) is 9.14. The van der Waals surface area contributed by atoms with Gasteiger partial charge in [0.15, 0.2) is 11.5 Å². The first-order valence-electron chi connectivity index (χ1n) is 11.7. The third-order valence-electron chi connectivity index (χ3n) is 6.30. The Kier molecular flexibility index (Phi) is 6.54. The van der Waals surface area contributed by atoms with E-state index >= 15 is 0 Å². The molecule has 2 unspecified atom stereocenters. The molecule has 0 bridgehead atoms. The minimum atomic E-state index is -4.45. The Morgan fingerprint density at radius 1 is 1.14 bits per heavy atom. The van der Waals surface area contributed by atoms with Crippen molar-refractivity contribution >= 4 is 16.6 Å². The molecule has 2 N–H and O–H groups in total. The Bertz CT molecular complexity index is 1380. The van der Waals surface area contributed by atoms with Crippen LogP contribution in [0.1, 0.15) is 24.9 Å². The van der Waals surface area contributed by atoms with Crippen LogP contribution < -0.4 is 10.5 Å². The molecule has 0 amide bonds. The quantitative estimate of drug-likeness (QED) is 0.410. The molecule has 1 aliphatic heterocycles. The lowest BCUT2D eigenvalue weighted by atomic mass is 10.1. The number of fused-ring (bicyclic) bond motifs is 2. The zero-order valence-electron chi connectivity index (χ0n) is 19.9. The van der Waals surface area contributed by atoms with Gasteiger partial charge in [-0.05, 0) is 43.2 Å². The van der Waals surface area contributed by atoms with E-state index in [1.54, 1.807) is 23.6 Å². The van der Waals surface area contributed by atoms with E-state index in [0.717, 1.165) is 5.39 Å². The van der Waals surface area contributed by atoms with Crippen molar-refractivity contribution in [3.63, 3.8) is 0 Å². The van der Waals surface area contributed by atoms with Gasteiger partial charge in [-0.2, -0.15) is 13.2 Å². The van der Waals surface area contributed by atoms with Crippen molar-refractivity contribution in [2.24, 2.45) is 5.73 Å². The van der Waals surface area contributed by atoms with Crippen molar-refractivity contribution in [1.82, 2.24) is 24.5 Å². The molecule has 1 aromatic carbocycles. The Labute approximate surface area is 205 Å². The molecule has 0 aliphatic carbocycles. The number of nitrogens with zero attached hydrogens (tertiary/aromatic N) is 5. The zero-order chi connectivity index (χ0) is 25.4. The molecular formula is C25H27F3N6O2. The molecule has 1 fully saturated rings. The fourth-order valence-electron chi connectivity index (χ4n) is 4.70. The molecule has 0 radical (unpaired) electrons. The number of benzene rings is 1. The fraction of sp³-hybridized carbons (Fsp3) is 0.400. The number of likely N-dealkylation sites (tertiary alicyclic amines) is 1. The van der Waals surface area contributed by atoms with Crippen LogP contribution in [0.5, 0.6) is 5.75 Å². The topological polar surface area (TPSA) is 90.8 Å². The lowest BCUT2D eigenvalue weighted by Crippen LogP contribution is -2.38. The molecule has 4 heterocycles. The van der Waals surface area contributed by atoms with Gasteiger partial charge in [0.05, 0.1) is 12.1 Å². The van der Waals surface area contributed by atoms with E-state index in [1.807, 2.05) is 31.2 Å². The number of pyridine rings is 2. The van der Waals surface area contributed by atoms with Crippen LogP contribution in [0.2, 0.25) is 0 Å². The summed E-state index contributed by atoms with van der Waals surface area (Å²) >= 11 is 0. The van der Waals surface area contributed by atoms with Crippen LogP contribution in [-0.2, 0) is 4.74 Å². The van der Waals surface area contributed by atoms with Gasteiger partial charge in [0, 0.05) is 43.9 Å². The maximum absolute atomic E-state index is 14.1. The van der Waals surface area contributed by atoms with Gasteiger partial charge in [0.1, 0.15) is 23.6 Å². The van der Waals surface area contributed by atoms with E-state index in [0.29, 0.717) is 41.5 Å². The first-order valence-corrected chi connectivity index (χ1v) is 11.7. The van der Waals surface area contributed by atoms with E-state index < -0.39 is 12.2 Å². The molecule has 3 aromatic heterocycles. The van der Waals surface area contributed by atoms with E-state index in [1.165, 1.54) is 17.2 Å². The summed E-state index contributed by atoms with van der Waals surface area (Å²) in [7, 11) is 1.61.